The van der Waals surface area contributed by atoms with Crippen molar-refractivity contribution in [2.45, 2.75) is 18.9 Å². The van der Waals surface area contributed by atoms with Crippen molar-refractivity contribution < 1.29 is 10.2 Å². The van der Waals surface area contributed by atoms with E-state index in [0.717, 1.165) is 31.6 Å². The number of quaternary nitrogens is 1. The normalized spacial score (nSPS) is 17.0. The Morgan fingerprint density at radius 1 is 1.44 bits per heavy atom. The van der Waals surface area contributed by atoms with Crippen molar-refractivity contribution in [2.75, 3.05) is 18.4 Å². The van der Waals surface area contributed by atoms with Crippen LogP contribution in [0.3, 0.4) is 0 Å². The number of anilines is 1. The molecule has 6 nitrogen and oxygen atoms in total. The number of rotatable bonds is 3. The Labute approximate surface area is 93.2 Å². The fourth-order valence-electron chi connectivity index (χ4n) is 1.89. The van der Waals surface area contributed by atoms with Gasteiger partial charge in [-0.15, -0.1) is 0 Å². The predicted octanol–water partition coefficient (Wildman–Crippen LogP) is 0.127. The molecular weight excluding hydrogens is 208 g/mol. The Balaban J connectivity index is 1.96. The molecule has 0 spiro atoms. The first kappa shape index (κ1) is 10.8. The maximum atomic E-state index is 10.4. The molecule has 6 heteroatoms. The highest BCUT2D eigenvalue weighted by atomic mass is 16.6. The van der Waals surface area contributed by atoms with Gasteiger partial charge in [0.25, 0.3) is 0 Å². The van der Waals surface area contributed by atoms with Crippen molar-refractivity contribution >= 4 is 11.5 Å². The highest BCUT2D eigenvalue weighted by molar-refractivity contribution is 5.44. The number of nitro groups is 1. The van der Waals surface area contributed by atoms with Crippen molar-refractivity contribution in [1.29, 1.82) is 0 Å². The van der Waals surface area contributed by atoms with Crippen LogP contribution in [0.1, 0.15) is 12.8 Å². The summed E-state index contributed by atoms with van der Waals surface area (Å²) in [7, 11) is 0. The highest BCUT2D eigenvalue weighted by Crippen LogP contribution is 2.14. The fourth-order valence-corrected chi connectivity index (χ4v) is 1.89. The van der Waals surface area contributed by atoms with Crippen LogP contribution < -0.4 is 10.6 Å². The van der Waals surface area contributed by atoms with Gasteiger partial charge in [0.05, 0.1) is 18.8 Å². The molecule has 0 unspecified atom stereocenters. The molecule has 3 N–H and O–H groups in total. The summed E-state index contributed by atoms with van der Waals surface area (Å²) in [5.74, 6) is -0.109. The molecule has 0 aromatic carbocycles. The Morgan fingerprint density at radius 3 is 2.75 bits per heavy atom. The van der Waals surface area contributed by atoms with Crippen LogP contribution in [0.15, 0.2) is 18.3 Å². The molecule has 1 aromatic rings. The van der Waals surface area contributed by atoms with Gasteiger partial charge in [-0.3, -0.25) is 0 Å². The summed E-state index contributed by atoms with van der Waals surface area (Å²) in [6, 6.07) is 3.61. The van der Waals surface area contributed by atoms with Gasteiger partial charge in [-0.2, -0.15) is 0 Å². The molecule has 1 aliphatic heterocycles. The third-order valence-corrected chi connectivity index (χ3v) is 2.74. The van der Waals surface area contributed by atoms with E-state index in [2.05, 4.69) is 15.6 Å². The van der Waals surface area contributed by atoms with Crippen LogP contribution in [0.4, 0.5) is 11.5 Å². The van der Waals surface area contributed by atoms with Crippen molar-refractivity contribution in [2.24, 2.45) is 0 Å². The van der Waals surface area contributed by atoms with Crippen LogP contribution in [0.5, 0.6) is 0 Å². The number of hydrogen-bond acceptors (Lipinski definition) is 4. The molecular formula is C10H15N4O2+. The third kappa shape index (κ3) is 2.66. The summed E-state index contributed by atoms with van der Waals surface area (Å²) in [4.78, 5) is 13.7. The summed E-state index contributed by atoms with van der Waals surface area (Å²) in [5.41, 5.74) is 0.859. The Kier molecular flexibility index (Phi) is 3.31. The summed E-state index contributed by atoms with van der Waals surface area (Å²) in [6.07, 6.45) is 3.77. The Hall–Kier alpha value is -1.69. The van der Waals surface area contributed by atoms with E-state index in [1.807, 2.05) is 0 Å². The average Bonchev–Trinajstić information content (AvgIpc) is 2.31. The lowest BCUT2D eigenvalue weighted by Gasteiger charge is -2.21. The molecule has 0 saturated carbocycles. The lowest BCUT2D eigenvalue weighted by atomic mass is 10.1. The van der Waals surface area contributed by atoms with Crippen molar-refractivity contribution in [1.82, 2.24) is 4.98 Å². The van der Waals surface area contributed by atoms with Crippen LogP contribution in [0, 0.1) is 10.1 Å². The van der Waals surface area contributed by atoms with Crippen molar-refractivity contribution in [3.8, 4) is 0 Å². The van der Waals surface area contributed by atoms with Crippen LogP contribution >= 0.6 is 0 Å². The zero-order valence-corrected chi connectivity index (χ0v) is 8.93. The second-order valence-electron chi connectivity index (χ2n) is 3.95. The van der Waals surface area contributed by atoms with E-state index in [1.165, 1.54) is 12.3 Å². The molecule has 1 aliphatic rings. The van der Waals surface area contributed by atoms with Crippen LogP contribution in [-0.4, -0.2) is 29.0 Å². The maximum Gasteiger partial charge on any atom is 0.363 e. The van der Waals surface area contributed by atoms with Crippen molar-refractivity contribution in [3.63, 3.8) is 0 Å². The van der Waals surface area contributed by atoms with E-state index in [-0.39, 0.29) is 5.82 Å². The van der Waals surface area contributed by atoms with E-state index in [1.54, 1.807) is 6.07 Å². The molecule has 0 amide bonds. The van der Waals surface area contributed by atoms with Crippen LogP contribution in [0.2, 0.25) is 0 Å². The molecule has 0 aliphatic carbocycles. The van der Waals surface area contributed by atoms with Gasteiger partial charge in [-0.1, -0.05) is 0 Å². The minimum absolute atomic E-state index is 0.109. The molecule has 0 bridgehead atoms. The number of aromatic nitrogens is 1. The zero-order valence-electron chi connectivity index (χ0n) is 8.93. The molecule has 86 valence electrons. The predicted molar refractivity (Wildman–Crippen MR) is 59.2 cm³/mol. The minimum atomic E-state index is -0.487. The first-order valence-corrected chi connectivity index (χ1v) is 5.44. The SMILES string of the molecule is O=[N+]([O-])c1ccc(NC2CC[NH2+]CC2)cn1. The molecule has 1 aromatic heterocycles. The number of nitrogens with zero attached hydrogens (tertiary/aromatic N) is 2. The molecule has 2 rings (SSSR count). The Morgan fingerprint density at radius 2 is 2.19 bits per heavy atom. The molecule has 2 heterocycles. The fraction of sp³-hybridized carbons (Fsp3) is 0.500. The molecule has 16 heavy (non-hydrogen) atoms. The average molecular weight is 223 g/mol. The molecule has 1 fully saturated rings. The molecule has 0 atom stereocenters. The number of hydrogen-bond donors (Lipinski definition) is 2. The van der Waals surface area contributed by atoms with Gasteiger partial charge < -0.3 is 20.7 Å². The monoisotopic (exact) mass is 223 g/mol. The lowest BCUT2D eigenvalue weighted by molar-refractivity contribution is -0.662. The van der Waals surface area contributed by atoms with Crippen LogP contribution in [-0.2, 0) is 0 Å². The van der Waals surface area contributed by atoms with E-state index >= 15 is 0 Å². The van der Waals surface area contributed by atoms with E-state index < -0.39 is 4.92 Å². The lowest BCUT2D eigenvalue weighted by Crippen LogP contribution is -2.87. The van der Waals surface area contributed by atoms with Gasteiger partial charge in [0, 0.05) is 24.9 Å². The maximum absolute atomic E-state index is 10.4. The largest absolute Gasteiger partial charge is 0.379 e. The second kappa shape index (κ2) is 4.89. The number of nitrogens with one attached hydrogen (secondary N) is 1. The number of nitrogens with two attached hydrogens (primary N) is 1. The summed E-state index contributed by atoms with van der Waals surface area (Å²) >= 11 is 0. The minimum Gasteiger partial charge on any atom is -0.379 e. The summed E-state index contributed by atoms with van der Waals surface area (Å²) < 4.78 is 0. The second-order valence-corrected chi connectivity index (χ2v) is 3.95. The summed E-state index contributed by atoms with van der Waals surface area (Å²) in [6.45, 7) is 2.27. The topological polar surface area (TPSA) is 84.7 Å². The molecule has 0 radical (unpaired) electrons. The first-order chi connectivity index (χ1) is 7.75. The van der Waals surface area contributed by atoms with E-state index in [0.29, 0.717) is 6.04 Å². The number of piperidine rings is 1. The summed E-state index contributed by atoms with van der Waals surface area (Å²) in [5, 5.41) is 16.1. The molecule has 1 saturated heterocycles. The van der Waals surface area contributed by atoms with Gasteiger partial charge in [0.1, 0.15) is 0 Å². The van der Waals surface area contributed by atoms with E-state index in [9.17, 15) is 10.1 Å². The smallest absolute Gasteiger partial charge is 0.363 e. The van der Waals surface area contributed by atoms with E-state index in [4.69, 9.17) is 0 Å². The standard InChI is InChI=1S/C10H14N4O2/c15-14(16)10-2-1-9(7-12-10)13-8-3-5-11-6-4-8/h1-2,7-8,11,13H,3-6H2/p+1. The zero-order chi connectivity index (χ0) is 11.4. The third-order valence-electron chi connectivity index (χ3n) is 2.74. The Bertz CT molecular complexity index is 360. The van der Waals surface area contributed by atoms with Gasteiger partial charge in [0.2, 0.25) is 0 Å². The highest BCUT2D eigenvalue weighted by Gasteiger charge is 2.16. The quantitative estimate of drug-likeness (QED) is 0.563. The first-order valence-electron chi connectivity index (χ1n) is 5.44. The van der Waals surface area contributed by atoms with Crippen molar-refractivity contribution in [3.05, 3.63) is 28.4 Å². The van der Waals surface area contributed by atoms with Gasteiger partial charge in [-0.05, 0) is 16.0 Å². The van der Waals surface area contributed by atoms with Gasteiger partial charge >= 0.3 is 5.82 Å². The number of pyridine rings is 1. The van der Waals surface area contributed by atoms with Crippen LogP contribution in [0.25, 0.3) is 0 Å². The van der Waals surface area contributed by atoms with Gasteiger partial charge in [0.15, 0.2) is 6.20 Å². The van der Waals surface area contributed by atoms with Gasteiger partial charge in [-0.25, -0.2) is 0 Å².